The van der Waals surface area contributed by atoms with Crippen molar-refractivity contribution in [3.63, 3.8) is 0 Å². The molecule has 6 aromatic carbocycles. The van der Waals surface area contributed by atoms with Crippen LogP contribution in [-0.4, -0.2) is 13.8 Å². The third-order valence-corrected chi connectivity index (χ3v) is 10.8. The van der Waals surface area contributed by atoms with Gasteiger partial charge < -0.3 is 4.90 Å². The van der Waals surface area contributed by atoms with Crippen molar-refractivity contribution >= 4 is 55.9 Å². The Hall–Kier alpha value is -5.96. The molecule has 0 amide bonds. The third kappa shape index (κ3) is 7.99. The second kappa shape index (κ2) is 16.8. The van der Waals surface area contributed by atoms with Crippen LogP contribution in [0.1, 0.15) is 24.4 Å². The molecule has 3 nitrogen and oxygen atoms in total. The summed E-state index contributed by atoms with van der Waals surface area (Å²) in [4.78, 5) is 2.23. The lowest BCUT2D eigenvalue weighted by atomic mass is 9.37. The first-order valence-electron chi connectivity index (χ1n) is 17.6. The molecular weight excluding hydrogens is 649 g/mol. The summed E-state index contributed by atoms with van der Waals surface area (Å²) < 4.78 is 3.29. The Morgan fingerprint density at radius 2 is 1.10 bits per heavy atom. The quantitative estimate of drug-likeness (QED) is 0.103. The summed E-state index contributed by atoms with van der Waals surface area (Å²) in [6, 6.07) is 63.2. The van der Waals surface area contributed by atoms with Gasteiger partial charge in [0.15, 0.2) is 0 Å². The summed E-state index contributed by atoms with van der Waals surface area (Å²) in [6.07, 6.45) is 4.06. The summed E-state index contributed by atoms with van der Waals surface area (Å²) in [6.45, 7) is 4.78. The molecule has 1 aromatic heterocycles. The molecule has 5 heteroatoms. The molecule has 0 N–H and O–H groups in total. The van der Waals surface area contributed by atoms with Crippen LogP contribution >= 0.6 is 11.3 Å². The fraction of sp³-hybridized carbons (Fsp3) is 0.106. The van der Waals surface area contributed by atoms with Crippen LogP contribution in [0.3, 0.4) is 0 Å². The zero-order chi connectivity index (χ0) is 36.3. The number of thiazole rings is 1. The zero-order valence-corrected chi connectivity index (χ0v) is 31.0. The molecule has 0 saturated carbocycles. The lowest BCUT2D eigenvalue weighted by molar-refractivity contribution is -0.642. The van der Waals surface area contributed by atoms with Crippen LogP contribution < -0.4 is 25.9 Å². The van der Waals surface area contributed by atoms with Crippen molar-refractivity contribution < 1.29 is 4.57 Å². The van der Waals surface area contributed by atoms with Crippen LogP contribution in [0, 0.1) is 11.3 Å². The minimum atomic E-state index is -0.0925. The molecular formula is C47H43BN3S+. The van der Waals surface area contributed by atoms with Crippen molar-refractivity contribution in [2.75, 3.05) is 11.9 Å². The number of anilines is 1. The Morgan fingerprint density at radius 3 is 1.58 bits per heavy atom. The average Bonchev–Trinajstić information content (AvgIpc) is 3.63. The maximum atomic E-state index is 9.80. The molecule has 0 saturated heterocycles. The SMILES string of the molecule is CN1/C(=C\C=C(/C#N)c2sc3ccccc3[n+]2C)C(C)(C)c2ccccc21.c1ccc(B(c2ccccc2)c2ccccc2)cc1.c1ccccc1. The van der Waals surface area contributed by atoms with Crippen LogP contribution in [0.5, 0.6) is 0 Å². The van der Waals surface area contributed by atoms with Gasteiger partial charge in [0.2, 0.25) is 12.2 Å². The van der Waals surface area contributed by atoms with Gasteiger partial charge in [-0.3, -0.25) is 0 Å². The molecule has 1 aliphatic heterocycles. The highest BCUT2D eigenvalue weighted by Crippen LogP contribution is 2.46. The summed E-state index contributed by atoms with van der Waals surface area (Å²) in [5.74, 6) is 0. The zero-order valence-electron chi connectivity index (χ0n) is 30.2. The van der Waals surface area contributed by atoms with Crippen molar-refractivity contribution in [3.8, 4) is 6.07 Å². The van der Waals surface area contributed by atoms with Crippen molar-refractivity contribution in [2.24, 2.45) is 7.05 Å². The van der Waals surface area contributed by atoms with Crippen molar-refractivity contribution in [1.29, 1.82) is 5.26 Å². The van der Waals surface area contributed by atoms with Crippen molar-refractivity contribution in [3.05, 3.63) is 204 Å². The fourth-order valence-electron chi connectivity index (χ4n) is 6.86. The summed E-state index contributed by atoms with van der Waals surface area (Å²) >= 11 is 1.66. The maximum absolute atomic E-state index is 9.80. The minimum absolute atomic E-state index is 0.0925. The number of hydrogen-bond donors (Lipinski definition) is 0. The van der Waals surface area contributed by atoms with Crippen LogP contribution in [0.2, 0.25) is 0 Å². The Bertz CT molecular complexity index is 2190. The van der Waals surface area contributed by atoms with Gasteiger partial charge in [-0.25, -0.2) is 0 Å². The second-order valence-corrected chi connectivity index (χ2v) is 14.2. The molecule has 0 fully saturated rings. The average molecular weight is 693 g/mol. The van der Waals surface area contributed by atoms with Crippen LogP contribution in [0.15, 0.2) is 194 Å². The Labute approximate surface area is 313 Å². The number of hydrogen-bond acceptors (Lipinski definition) is 3. The number of para-hydroxylation sites is 2. The van der Waals surface area contributed by atoms with Crippen molar-refractivity contribution in [1.82, 2.24) is 0 Å². The topological polar surface area (TPSA) is 30.9 Å². The Balaban J connectivity index is 0.000000160. The first kappa shape index (κ1) is 35.9. The van der Waals surface area contributed by atoms with E-state index < -0.39 is 0 Å². The van der Waals surface area contributed by atoms with E-state index in [4.69, 9.17) is 0 Å². The first-order chi connectivity index (χ1) is 25.4. The van der Waals surface area contributed by atoms with E-state index in [1.807, 2.05) is 61.7 Å². The molecule has 0 spiro atoms. The van der Waals surface area contributed by atoms with Crippen molar-refractivity contribution in [2.45, 2.75) is 19.3 Å². The molecule has 8 rings (SSSR count). The number of aromatic nitrogens is 1. The number of fused-ring (bicyclic) bond motifs is 2. The van der Waals surface area contributed by atoms with E-state index >= 15 is 0 Å². The van der Waals surface area contributed by atoms with Gasteiger partial charge in [0.05, 0.1) is 0 Å². The molecule has 52 heavy (non-hydrogen) atoms. The highest BCUT2D eigenvalue weighted by atomic mass is 32.1. The van der Waals surface area contributed by atoms with Gasteiger partial charge in [0.1, 0.15) is 23.4 Å². The number of benzene rings is 6. The van der Waals surface area contributed by atoms with Gasteiger partial charge in [-0.2, -0.15) is 9.83 Å². The normalized spacial score (nSPS) is 13.6. The van der Waals surface area contributed by atoms with E-state index in [1.165, 1.54) is 38.0 Å². The highest BCUT2D eigenvalue weighted by molar-refractivity contribution is 7.19. The molecule has 2 heterocycles. The van der Waals surface area contributed by atoms with Gasteiger partial charge in [-0.05, 0) is 29.8 Å². The van der Waals surface area contributed by atoms with E-state index in [0.717, 1.165) is 10.5 Å². The Kier molecular flexibility index (Phi) is 11.6. The Morgan fingerprint density at radius 1 is 0.654 bits per heavy atom. The lowest BCUT2D eigenvalue weighted by Gasteiger charge is -2.23. The van der Waals surface area contributed by atoms with E-state index in [9.17, 15) is 5.26 Å². The number of allylic oxidation sites excluding steroid dienone is 4. The first-order valence-corrected chi connectivity index (χ1v) is 18.4. The fourth-order valence-corrected chi connectivity index (χ4v) is 7.98. The number of aryl methyl sites for hydroxylation is 1. The molecule has 0 aliphatic carbocycles. The van der Waals surface area contributed by atoms with E-state index in [0.29, 0.717) is 12.3 Å². The van der Waals surface area contributed by atoms with Gasteiger partial charge >= 0.3 is 0 Å². The van der Waals surface area contributed by atoms with E-state index in [1.54, 1.807) is 11.3 Å². The number of nitrogens with zero attached hydrogens (tertiary/aromatic N) is 3. The smallest absolute Gasteiger partial charge is 0.280 e. The third-order valence-electron chi connectivity index (χ3n) is 9.50. The molecule has 0 radical (unpaired) electrons. The molecule has 0 unspecified atom stereocenters. The standard InChI is InChI=1S/C23H22N3S.C18H15B.C6H6/c1-23(2)17-9-5-6-10-18(17)25(3)21(23)14-13-16(15-24)22-26(4)19-11-7-8-12-20(19)27-22;1-4-10-16(11-5-1)19(17-12-6-2-7-13-17)18-14-8-3-9-15-18;1-2-4-6-5-3-1/h5-14H,1-4H3;1-15H;1-6H/q+1;;. The van der Waals surface area contributed by atoms with Crippen LogP contribution in [0.25, 0.3) is 15.8 Å². The summed E-state index contributed by atoms with van der Waals surface area (Å²) in [5.41, 5.74) is 9.49. The molecule has 7 aromatic rings. The minimum Gasteiger partial charge on any atom is -0.347 e. The van der Waals surface area contributed by atoms with Gasteiger partial charge in [-0.1, -0.05) is 199 Å². The highest BCUT2D eigenvalue weighted by Gasteiger charge is 2.37. The number of rotatable bonds is 5. The van der Waals surface area contributed by atoms with Gasteiger partial charge in [-0.15, -0.1) is 0 Å². The molecule has 1 aliphatic rings. The molecule has 0 atom stereocenters. The monoisotopic (exact) mass is 692 g/mol. The van der Waals surface area contributed by atoms with Crippen LogP contribution in [-0.2, 0) is 12.5 Å². The number of likely N-dealkylation sites (N-methyl/N-ethyl adjacent to an activating group) is 1. The second-order valence-electron chi connectivity index (χ2n) is 13.2. The van der Waals surface area contributed by atoms with Gasteiger partial charge in [0.25, 0.3) is 5.01 Å². The predicted octanol–water partition coefficient (Wildman–Crippen LogP) is 8.83. The van der Waals surface area contributed by atoms with E-state index in [2.05, 4.69) is 170 Å². The maximum Gasteiger partial charge on any atom is 0.280 e. The van der Waals surface area contributed by atoms with Gasteiger partial charge in [0, 0.05) is 29.9 Å². The summed E-state index contributed by atoms with van der Waals surface area (Å²) in [5, 5.41) is 10.8. The molecule has 0 bridgehead atoms. The van der Waals surface area contributed by atoms with E-state index in [-0.39, 0.29) is 5.41 Å². The largest absolute Gasteiger partial charge is 0.347 e. The molecule has 254 valence electrons. The number of nitriles is 1. The van der Waals surface area contributed by atoms with Crippen LogP contribution in [0.4, 0.5) is 5.69 Å². The summed E-state index contributed by atoms with van der Waals surface area (Å²) in [7, 11) is 4.12. The predicted molar refractivity (Wildman–Crippen MR) is 223 cm³/mol. The lowest BCUT2D eigenvalue weighted by Crippen LogP contribution is -2.51.